The van der Waals surface area contributed by atoms with Crippen molar-refractivity contribution in [2.45, 2.75) is 56.8 Å². The summed E-state index contributed by atoms with van der Waals surface area (Å²) in [5, 5.41) is 24.9. The Hall–Kier alpha value is -6.22. The molecule has 5 N–H and O–H groups in total. The van der Waals surface area contributed by atoms with Crippen molar-refractivity contribution in [1.82, 2.24) is 31.3 Å². The Morgan fingerprint density at radius 3 is 2.15 bits per heavy atom. The first-order valence-electron chi connectivity index (χ1n) is 18.1. The summed E-state index contributed by atoms with van der Waals surface area (Å²) in [4.78, 5) is 69.9. The number of fused-ring (bicyclic) bond motifs is 15. The summed E-state index contributed by atoms with van der Waals surface area (Å²) in [6.07, 6.45) is 0.165. The molecule has 5 amide bonds. The molecule has 4 heterocycles. The lowest BCUT2D eigenvalue weighted by molar-refractivity contribution is -0.144. The van der Waals surface area contributed by atoms with Gasteiger partial charge in [-0.25, -0.2) is 0 Å². The molecule has 288 valence electrons. The number of rotatable bonds is 5. The second-order valence-corrected chi connectivity index (χ2v) is 13.5. The molecule has 4 aromatic rings. The molecule has 0 radical (unpaired) electrons. The van der Waals surface area contributed by atoms with E-state index >= 15 is 0 Å². The first-order valence-corrected chi connectivity index (χ1v) is 18.1. The molecule has 1 spiro atoms. The number of hydrogen-bond donors (Lipinski definition) is 5. The number of amides is 5. The molecule has 7 rings (SSSR count). The van der Waals surface area contributed by atoms with Crippen LogP contribution in [0.1, 0.15) is 41.4 Å². The molecule has 0 saturated carbocycles. The van der Waals surface area contributed by atoms with Crippen LogP contribution < -0.4 is 30.7 Å². The molecule has 55 heavy (non-hydrogen) atoms. The van der Waals surface area contributed by atoms with Crippen molar-refractivity contribution in [2.24, 2.45) is 0 Å². The molecule has 3 aromatic carbocycles. The van der Waals surface area contributed by atoms with Gasteiger partial charge in [-0.2, -0.15) is 0 Å². The van der Waals surface area contributed by atoms with E-state index < -0.39 is 54.0 Å². The van der Waals surface area contributed by atoms with Crippen LogP contribution in [0.3, 0.4) is 0 Å². The number of nitrogens with one attached hydrogen (secondary N) is 4. The SMILES string of the molecule is Cc1onc(-c2ccccc2)c1C(=O)N1CCC2(CC1)Oc1ccc(cc1)OCCNC(=O)[C@H](C)NC(=O)[C@H](CO)NC(=O)[C@@H](Cc1ccccc1)NC2=O. The average molecular weight is 753 g/mol. The van der Waals surface area contributed by atoms with Gasteiger partial charge in [0.2, 0.25) is 17.7 Å². The van der Waals surface area contributed by atoms with Crippen LogP contribution in [0.4, 0.5) is 0 Å². The van der Waals surface area contributed by atoms with E-state index in [1.165, 1.54) is 6.92 Å². The summed E-state index contributed by atoms with van der Waals surface area (Å²) in [6, 6.07) is 21.3. The third-order valence-electron chi connectivity index (χ3n) is 9.68. The predicted octanol–water partition coefficient (Wildman–Crippen LogP) is 1.92. The largest absolute Gasteiger partial charge is 0.492 e. The van der Waals surface area contributed by atoms with Crippen LogP contribution in [0.2, 0.25) is 0 Å². The maximum atomic E-state index is 14.6. The van der Waals surface area contributed by atoms with Gasteiger partial charge in [0, 0.05) is 37.9 Å². The van der Waals surface area contributed by atoms with E-state index in [4.69, 9.17) is 14.0 Å². The zero-order valence-electron chi connectivity index (χ0n) is 30.6. The van der Waals surface area contributed by atoms with Crippen LogP contribution in [-0.2, 0) is 25.6 Å². The van der Waals surface area contributed by atoms with Crippen molar-refractivity contribution in [3.05, 3.63) is 102 Å². The van der Waals surface area contributed by atoms with Crippen LogP contribution in [-0.4, -0.2) is 101 Å². The van der Waals surface area contributed by atoms with Crippen molar-refractivity contribution in [3.63, 3.8) is 0 Å². The number of likely N-dealkylation sites (tertiary alicyclic amines) is 1. The number of aliphatic hydroxyl groups excluding tert-OH is 1. The number of ether oxygens (including phenoxy) is 2. The van der Waals surface area contributed by atoms with Crippen LogP contribution in [0.25, 0.3) is 11.3 Å². The van der Waals surface area contributed by atoms with Crippen molar-refractivity contribution >= 4 is 29.5 Å². The highest BCUT2D eigenvalue weighted by molar-refractivity contribution is 6.01. The van der Waals surface area contributed by atoms with Crippen molar-refractivity contribution in [2.75, 3.05) is 32.8 Å². The predicted molar refractivity (Wildman–Crippen MR) is 199 cm³/mol. The van der Waals surface area contributed by atoms with Gasteiger partial charge in [-0.05, 0) is 43.7 Å². The quantitative estimate of drug-likeness (QED) is 0.188. The highest BCUT2D eigenvalue weighted by Crippen LogP contribution is 2.33. The fraction of sp³-hybridized carbons (Fsp3) is 0.350. The van der Waals surface area contributed by atoms with E-state index in [2.05, 4.69) is 26.4 Å². The molecule has 0 unspecified atom stereocenters. The Kier molecular flexibility index (Phi) is 12.1. The number of aliphatic hydroxyl groups is 1. The first kappa shape index (κ1) is 38.5. The fourth-order valence-electron chi connectivity index (χ4n) is 6.54. The molecule has 1 aromatic heterocycles. The average Bonchev–Trinajstić information content (AvgIpc) is 3.59. The molecule has 15 heteroatoms. The zero-order chi connectivity index (χ0) is 39.0. The van der Waals surface area contributed by atoms with E-state index in [9.17, 15) is 29.1 Å². The Bertz CT molecular complexity index is 1980. The van der Waals surface area contributed by atoms with Crippen LogP contribution in [0.15, 0.2) is 89.5 Å². The van der Waals surface area contributed by atoms with E-state index in [1.807, 2.05) is 36.4 Å². The molecule has 3 aliphatic rings. The molecular formula is C40H44N6O9. The highest BCUT2D eigenvalue weighted by atomic mass is 16.5. The van der Waals surface area contributed by atoms with Crippen molar-refractivity contribution in [1.29, 1.82) is 0 Å². The van der Waals surface area contributed by atoms with Gasteiger partial charge in [-0.15, -0.1) is 0 Å². The molecule has 0 aliphatic carbocycles. The van der Waals surface area contributed by atoms with Crippen LogP contribution >= 0.6 is 0 Å². The number of piperidine rings is 1. The maximum Gasteiger partial charge on any atom is 0.265 e. The standard InChI is InChI=1S/C40H44N6O9/c1-25-35(48)41-19-22-53-29-13-15-30(16-14-29)54-40(17-20-46(21-18-40)38(51)33-26(2)55-45-34(33)28-11-7-4-8-12-28)39(52)44-31(23-27-9-5-3-6-10-27)36(49)43-32(24-47)37(50)42-25/h3-16,25,31-32,47H,17-24H2,1-2H3,(H,41,48)(H,42,50)(H,43,49)(H,44,52)/t25-,31+,32-/m0/s1. The Morgan fingerprint density at radius 2 is 1.47 bits per heavy atom. The van der Waals surface area contributed by atoms with E-state index in [0.717, 1.165) is 11.1 Å². The van der Waals surface area contributed by atoms with Gasteiger partial charge in [0.25, 0.3) is 11.8 Å². The van der Waals surface area contributed by atoms with E-state index in [1.54, 1.807) is 60.4 Å². The molecule has 1 saturated heterocycles. The number of carbonyl (C=O) groups is 5. The third kappa shape index (κ3) is 9.12. The van der Waals surface area contributed by atoms with Gasteiger partial charge in [0.05, 0.1) is 13.2 Å². The van der Waals surface area contributed by atoms with Crippen molar-refractivity contribution < 1.29 is 43.1 Å². The van der Waals surface area contributed by atoms with Crippen LogP contribution in [0.5, 0.6) is 11.5 Å². The maximum absolute atomic E-state index is 14.6. The topological polar surface area (TPSA) is 201 Å². The molecule has 2 bridgehead atoms. The first-order chi connectivity index (χ1) is 26.6. The normalized spacial score (nSPS) is 21.0. The Morgan fingerprint density at radius 1 is 0.836 bits per heavy atom. The van der Waals surface area contributed by atoms with Crippen LogP contribution in [0, 0.1) is 6.92 Å². The number of benzene rings is 3. The van der Waals surface area contributed by atoms with Gasteiger partial charge in [0.1, 0.15) is 53.2 Å². The number of nitrogens with zero attached hydrogens (tertiary/aromatic N) is 2. The van der Waals surface area contributed by atoms with Crippen molar-refractivity contribution in [3.8, 4) is 22.8 Å². The lowest BCUT2D eigenvalue weighted by Crippen LogP contribution is -2.62. The third-order valence-corrected chi connectivity index (χ3v) is 9.68. The molecule has 3 atom stereocenters. The Balaban J connectivity index is 1.30. The molecule has 15 nitrogen and oxygen atoms in total. The second-order valence-electron chi connectivity index (χ2n) is 13.5. The minimum atomic E-state index is -1.53. The monoisotopic (exact) mass is 752 g/mol. The number of carbonyl (C=O) groups excluding carboxylic acids is 5. The van der Waals surface area contributed by atoms with Gasteiger partial charge in [0.15, 0.2) is 5.60 Å². The van der Waals surface area contributed by atoms with Gasteiger partial charge in [-0.3, -0.25) is 24.0 Å². The lowest BCUT2D eigenvalue weighted by Gasteiger charge is -2.41. The summed E-state index contributed by atoms with van der Waals surface area (Å²) in [5.74, 6) is -1.72. The number of aromatic nitrogens is 1. The molecule has 1 fully saturated rings. The van der Waals surface area contributed by atoms with Gasteiger partial charge >= 0.3 is 0 Å². The summed E-state index contributed by atoms with van der Waals surface area (Å²) < 4.78 is 17.7. The molecule has 3 aliphatic heterocycles. The Labute approximate surface area is 317 Å². The number of hydrogen-bond acceptors (Lipinski definition) is 10. The smallest absolute Gasteiger partial charge is 0.265 e. The highest BCUT2D eigenvalue weighted by Gasteiger charge is 2.47. The summed E-state index contributed by atoms with van der Waals surface area (Å²) in [5.41, 5.74) is 0.662. The fourth-order valence-corrected chi connectivity index (χ4v) is 6.54. The van der Waals surface area contributed by atoms with Gasteiger partial charge in [-0.1, -0.05) is 65.8 Å². The zero-order valence-corrected chi connectivity index (χ0v) is 30.6. The van der Waals surface area contributed by atoms with E-state index in [0.29, 0.717) is 28.5 Å². The second kappa shape index (κ2) is 17.3. The molecular weight excluding hydrogens is 708 g/mol. The lowest BCUT2D eigenvalue weighted by atomic mass is 9.88. The number of aryl methyl sites for hydroxylation is 1. The van der Waals surface area contributed by atoms with E-state index in [-0.39, 0.29) is 51.4 Å². The minimum Gasteiger partial charge on any atom is -0.492 e. The minimum absolute atomic E-state index is 0.0404. The summed E-state index contributed by atoms with van der Waals surface area (Å²) in [6.45, 7) is 2.89. The van der Waals surface area contributed by atoms with Gasteiger partial charge < -0.3 is 45.3 Å². The summed E-state index contributed by atoms with van der Waals surface area (Å²) in [7, 11) is 0. The summed E-state index contributed by atoms with van der Waals surface area (Å²) >= 11 is 0.